The van der Waals surface area contributed by atoms with E-state index in [9.17, 15) is 4.79 Å². The van der Waals surface area contributed by atoms with Gasteiger partial charge in [0.25, 0.3) is 5.91 Å². The van der Waals surface area contributed by atoms with Crippen LogP contribution >= 0.6 is 27.5 Å². The number of amides is 1. The van der Waals surface area contributed by atoms with Crippen molar-refractivity contribution in [1.29, 1.82) is 0 Å². The minimum Gasteiger partial charge on any atom is -0.380 e. The van der Waals surface area contributed by atoms with E-state index >= 15 is 0 Å². The summed E-state index contributed by atoms with van der Waals surface area (Å²) < 4.78 is 5.98. The Kier molecular flexibility index (Phi) is 5.79. The first kappa shape index (κ1) is 16.0. The van der Waals surface area contributed by atoms with Crippen molar-refractivity contribution in [3.63, 3.8) is 0 Å². The second-order valence-electron chi connectivity index (χ2n) is 4.55. The van der Waals surface area contributed by atoms with Gasteiger partial charge in [-0.05, 0) is 35.4 Å². The van der Waals surface area contributed by atoms with Gasteiger partial charge in [0.2, 0.25) is 0 Å². The number of halogens is 2. The number of carbonyl (C=O) groups excluding carboxylic acids is 1. The molecule has 0 fully saturated rings. The summed E-state index contributed by atoms with van der Waals surface area (Å²) >= 11 is 9.48. The van der Waals surface area contributed by atoms with Crippen LogP contribution in [0.25, 0.3) is 0 Å². The summed E-state index contributed by atoms with van der Waals surface area (Å²) in [5.41, 5.74) is 2.45. The Morgan fingerprint density at radius 3 is 2.81 bits per heavy atom. The molecule has 21 heavy (non-hydrogen) atoms. The molecule has 1 N–H and O–H groups in total. The minimum absolute atomic E-state index is 0.132. The first-order chi connectivity index (χ1) is 10.1. The van der Waals surface area contributed by atoms with E-state index in [1.165, 1.54) is 0 Å². The molecule has 5 heteroatoms. The maximum absolute atomic E-state index is 12.1. The number of carbonyl (C=O) groups is 1. The second-order valence-corrected chi connectivity index (χ2v) is 5.87. The molecule has 3 nitrogen and oxygen atoms in total. The van der Waals surface area contributed by atoms with Gasteiger partial charge in [-0.3, -0.25) is 4.79 Å². The summed E-state index contributed by atoms with van der Waals surface area (Å²) in [5, 5.41) is 3.49. The lowest BCUT2D eigenvalue weighted by atomic mass is 10.1. The molecule has 2 aromatic carbocycles. The highest BCUT2D eigenvalue weighted by molar-refractivity contribution is 9.10. The van der Waals surface area contributed by atoms with Crippen molar-refractivity contribution in [3.8, 4) is 0 Å². The van der Waals surface area contributed by atoms with E-state index in [1.807, 2.05) is 36.4 Å². The van der Waals surface area contributed by atoms with Gasteiger partial charge in [-0.1, -0.05) is 45.7 Å². The van der Waals surface area contributed by atoms with Crippen LogP contribution in [0.1, 0.15) is 21.5 Å². The van der Waals surface area contributed by atoms with Crippen molar-refractivity contribution in [2.24, 2.45) is 0 Å². The Morgan fingerprint density at radius 1 is 1.29 bits per heavy atom. The van der Waals surface area contributed by atoms with Crippen molar-refractivity contribution in [3.05, 3.63) is 68.7 Å². The molecule has 0 saturated carbocycles. The van der Waals surface area contributed by atoms with Crippen LogP contribution in [0.2, 0.25) is 5.02 Å². The number of benzene rings is 2. The number of methoxy groups -OCH3 is 1. The predicted molar refractivity (Wildman–Crippen MR) is 87.5 cm³/mol. The van der Waals surface area contributed by atoms with Gasteiger partial charge in [-0.25, -0.2) is 0 Å². The summed E-state index contributed by atoms with van der Waals surface area (Å²) in [6, 6.07) is 12.9. The lowest BCUT2D eigenvalue weighted by Crippen LogP contribution is -2.23. The lowest BCUT2D eigenvalue weighted by Gasteiger charge is -2.08. The van der Waals surface area contributed by atoms with Gasteiger partial charge in [0.05, 0.1) is 6.61 Å². The van der Waals surface area contributed by atoms with Gasteiger partial charge < -0.3 is 10.1 Å². The molecule has 0 aromatic heterocycles. The average molecular weight is 369 g/mol. The van der Waals surface area contributed by atoms with Gasteiger partial charge >= 0.3 is 0 Å². The van der Waals surface area contributed by atoms with Crippen molar-refractivity contribution < 1.29 is 9.53 Å². The summed E-state index contributed by atoms with van der Waals surface area (Å²) in [4.78, 5) is 12.1. The van der Waals surface area contributed by atoms with Crippen LogP contribution in [-0.4, -0.2) is 13.0 Å². The highest BCUT2D eigenvalue weighted by Gasteiger charge is 2.07. The molecule has 0 saturated heterocycles. The summed E-state index contributed by atoms with van der Waals surface area (Å²) in [6.07, 6.45) is 0. The first-order valence-electron chi connectivity index (χ1n) is 6.40. The number of nitrogens with one attached hydrogen (secondary N) is 1. The van der Waals surface area contributed by atoms with Crippen LogP contribution in [0.3, 0.4) is 0 Å². The molecule has 0 aliphatic rings. The molecule has 2 rings (SSSR count). The van der Waals surface area contributed by atoms with E-state index in [1.54, 1.807) is 13.2 Å². The zero-order chi connectivity index (χ0) is 15.2. The SMILES string of the molecule is COCc1cccc(C(=O)NCc2ccc(Br)cc2Cl)c1. The van der Waals surface area contributed by atoms with Gasteiger partial charge in [-0.2, -0.15) is 0 Å². The molecule has 0 unspecified atom stereocenters. The highest BCUT2D eigenvalue weighted by atomic mass is 79.9. The maximum atomic E-state index is 12.1. The van der Waals surface area contributed by atoms with Gasteiger partial charge in [0.15, 0.2) is 0 Å². The minimum atomic E-state index is -0.132. The summed E-state index contributed by atoms with van der Waals surface area (Å²) in [5.74, 6) is -0.132. The average Bonchev–Trinajstić information content (AvgIpc) is 2.47. The van der Waals surface area contributed by atoms with Crippen LogP contribution in [0.5, 0.6) is 0 Å². The molecule has 0 radical (unpaired) electrons. The molecular formula is C16H15BrClNO2. The van der Waals surface area contributed by atoms with Crippen molar-refractivity contribution in [2.75, 3.05) is 7.11 Å². The Morgan fingerprint density at radius 2 is 2.10 bits per heavy atom. The van der Waals surface area contributed by atoms with Crippen LogP contribution < -0.4 is 5.32 Å². The Balaban J connectivity index is 2.02. The highest BCUT2D eigenvalue weighted by Crippen LogP contribution is 2.21. The van der Waals surface area contributed by atoms with Crippen molar-refractivity contribution in [2.45, 2.75) is 13.2 Å². The largest absolute Gasteiger partial charge is 0.380 e. The molecule has 0 bridgehead atoms. The normalized spacial score (nSPS) is 10.4. The van der Waals surface area contributed by atoms with E-state index in [2.05, 4.69) is 21.2 Å². The number of hydrogen-bond donors (Lipinski definition) is 1. The number of rotatable bonds is 5. The van der Waals surface area contributed by atoms with E-state index in [0.717, 1.165) is 15.6 Å². The predicted octanol–water partition coefficient (Wildman–Crippen LogP) is 4.18. The Bertz CT molecular complexity index is 646. The monoisotopic (exact) mass is 367 g/mol. The van der Waals surface area contributed by atoms with Crippen LogP contribution in [0.15, 0.2) is 46.9 Å². The van der Waals surface area contributed by atoms with Gasteiger partial charge in [0.1, 0.15) is 0 Å². The molecule has 0 aliphatic carbocycles. The molecular weight excluding hydrogens is 354 g/mol. The smallest absolute Gasteiger partial charge is 0.251 e. The third kappa shape index (κ3) is 4.56. The quantitative estimate of drug-likeness (QED) is 0.860. The van der Waals surface area contributed by atoms with E-state index in [0.29, 0.717) is 23.7 Å². The lowest BCUT2D eigenvalue weighted by molar-refractivity contribution is 0.0950. The first-order valence-corrected chi connectivity index (χ1v) is 7.57. The molecule has 1 amide bonds. The Hall–Kier alpha value is -1.36. The van der Waals surface area contributed by atoms with Crippen LogP contribution in [-0.2, 0) is 17.9 Å². The van der Waals surface area contributed by atoms with Crippen LogP contribution in [0.4, 0.5) is 0 Å². The topological polar surface area (TPSA) is 38.3 Å². The summed E-state index contributed by atoms with van der Waals surface area (Å²) in [7, 11) is 1.63. The fourth-order valence-corrected chi connectivity index (χ4v) is 2.65. The molecule has 0 aliphatic heterocycles. The molecule has 0 heterocycles. The van der Waals surface area contributed by atoms with Crippen molar-refractivity contribution >= 4 is 33.4 Å². The van der Waals surface area contributed by atoms with E-state index in [-0.39, 0.29) is 5.91 Å². The van der Waals surface area contributed by atoms with E-state index < -0.39 is 0 Å². The van der Waals surface area contributed by atoms with Crippen molar-refractivity contribution in [1.82, 2.24) is 5.32 Å². The summed E-state index contributed by atoms with van der Waals surface area (Å²) in [6.45, 7) is 0.874. The third-order valence-electron chi connectivity index (χ3n) is 2.95. The van der Waals surface area contributed by atoms with Gasteiger partial charge in [-0.15, -0.1) is 0 Å². The second kappa shape index (κ2) is 7.59. The fourth-order valence-electron chi connectivity index (χ4n) is 1.91. The zero-order valence-corrected chi connectivity index (χ0v) is 13.9. The maximum Gasteiger partial charge on any atom is 0.251 e. The number of ether oxygens (including phenoxy) is 1. The molecule has 0 atom stereocenters. The van der Waals surface area contributed by atoms with Gasteiger partial charge in [0, 0.05) is 28.7 Å². The Labute approximate surface area is 137 Å². The standard InChI is InChI=1S/C16H15BrClNO2/c1-21-10-11-3-2-4-12(7-11)16(20)19-9-13-5-6-14(17)8-15(13)18/h2-8H,9-10H2,1H3,(H,19,20). The fraction of sp³-hybridized carbons (Fsp3) is 0.188. The van der Waals surface area contributed by atoms with E-state index in [4.69, 9.17) is 16.3 Å². The molecule has 110 valence electrons. The molecule has 0 spiro atoms. The zero-order valence-electron chi connectivity index (χ0n) is 11.5. The number of hydrogen-bond acceptors (Lipinski definition) is 2. The third-order valence-corrected chi connectivity index (χ3v) is 3.80. The molecule has 2 aromatic rings. The van der Waals surface area contributed by atoms with Crippen LogP contribution in [0, 0.1) is 0 Å².